The standard InChI is InChI=1S/C18H19N.FH/c1-3-9-16(10-4-1)15-18-13-7-8-14-19(18)17-11-5-2-6-12-17;/h1-6,9-12,15H,7-8,13-14H2;1H. The van der Waals surface area contributed by atoms with Crippen LogP contribution in [0.4, 0.5) is 10.4 Å². The molecular formula is C18H20FN. The molecule has 1 saturated heterocycles. The van der Waals surface area contributed by atoms with E-state index in [0.29, 0.717) is 0 Å². The van der Waals surface area contributed by atoms with Crippen molar-refractivity contribution in [1.82, 2.24) is 0 Å². The molecule has 3 rings (SSSR count). The van der Waals surface area contributed by atoms with Gasteiger partial charge in [-0.2, -0.15) is 0 Å². The van der Waals surface area contributed by atoms with Crippen LogP contribution in [0.2, 0.25) is 0 Å². The second-order valence-corrected chi connectivity index (χ2v) is 4.99. The van der Waals surface area contributed by atoms with Crippen molar-refractivity contribution in [2.75, 3.05) is 11.4 Å². The fraction of sp³-hybridized carbons (Fsp3) is 0.222. The number of hydrogen-bond acceptors (Lipinski definition) is 1. The zero-order valence-electron chi connectivity index (χ0n) is 11.5. The summed E-state index contributed by atoms with van der Waals surface area (Å²) in [4.78, 5) is 2.45. The zero-order chi connectivity index (χ0) is 12.9. The lowest BCUT2D eigenvalue weighted by atomic mass is 10.0. The number of nitrogens with zero attached hydrogens (tertiary/aromatic N) is 1. The molecule has 20 heavy (non-hydrogen) atoms. The molecule has 1 aliphatic heterocycles. The minimum Gasteiger partial charge on any atom is -0.345 e. The first-order chi connectivity index (χ1) is 9.43. The maximum absolute atomic E-state index is 2.45. The summed E-state index contributed by atoms with van der Waals surface area (Å²) in [6.45, 7) is 1.13. The van der Waals surface area contributed by atoms with Crippen molar-refractivity contribution in [2.24, 2.45) is 0 Å². The third-order valence-electron chi connectivity index (χ3n) is 3.61. The second-order valence-electron chi connectivity index (χ2n) is 4.99. The number of rotatable bonds is 2. The van der Waals surface area contributed by atoms with Crippen LogP contribution >= 0.6 is 0 Å². The summed E-state index contributed by atoms with van der Waals surface area (Å²) in [6, 6.07) is 21.3. The van der Waals surface area contributed by atoms with Gasteiger partial charge in [0.1, 0.15) is 0 Å². The quantitative estimate of drug-likeness (QED) is 0.751. The van der Waals surface area contributed by atoms with Crippen LogP contribution in [-0.2, 0) is 0 Å². The van der Waals surface area contributed by atoms with E-state index in [1.54, 1.807) is 0 Å². The number of benzene rings is 2. The Morgan fingerprint density at radius 2 is 1.45 bits per heavy atom. The Bertz CT molecular complexity index is 548. The Morgan fingerprint density at radius 1 is 0.800 bits per heavy atom. The lowest BCUT2D eigenvalue weighted by Gasteiger charge is -2.32. The number of para-hydroxylation sites is 1. The normalized spacial score (nSPS) is 16.8. The lowest BCUT2D eigenvalue weighted by Crippen LogP contribution is -2.27. The van der Waals surface area contributed by atoms with Crippen LogP contribution in [0.1, 0.15) is 24.8 Å². The molecule has 1 heterocycles. The third kappa shape index (κ3) is 3.27. The molecule has 1 aliphatic rings. The SMILES string of the molecule is C(=C1CCCCN1c1ccccc1)c1ccccc1.F. The molecule has 1 nitrogen and oxygen atoms in total. The number of piperidine rings is 1. The average Bonchev–Trinajstić information content (AvgIpc) is 2.50. The van der Waals surface area contributed by atoms with Gasteiger partial charge < -0.3 is 4.90 Å². The van der Waals surface area contributed by atoms with Gasteiger partial charge >= 0.3 is 0 Å². The number of allylic oxidation sites excluding steroid dienone is 1. The van der Waals surface area contributed by atoms with E-state index in [1.807, 2.05) is 0 Å². The Morgan fingerprint density at radius 3 is 2.15 bits per heavy atom. The van der Waals surface area contributed by atoms with Crippen molar-refractivity contribution in [1.29, 1.82) is 0 Å². The first kappa shape index (κ1) is 14.3. The van der Waals surface area contributed by atoms with E-state index in [0.717, 1.165) is 6.54 Å². The van der Waals surface area contributed by atoms with Crippen LogP contribution in [-0.4, -0.2) is 6.54 Å². The Balaban J connectivity index is 0.00000147. The van der Waals surface area contributed by atoms with Gasteiger partial charge in [-0.05, 0) is 43.0 Å². The van der Waals surface area contributed by atoms with Gasteiger partial charge in [0.15, 0.2) is 0 Å². The molecule has 1 fully saturated rings. The first-order valence-corrected chi connectivity index (χ1v) is 7.02. The summed E-state index contributed by atoms with van der Waals surface area (Å²) in [7, 11) is 0. The fourth-order valence-electron chi connectivity index (χ4n) is 2.65. The van der Waals surface area contributed by atoms with Crippen molar-refractivity contribution in [2.45, 2.75) is 19.3 Å². The second kappa shape index (κ2) is 6.90. The molecule has 0 aromatic heterocycles. The topological polar surface area (TPSA) is 3.24 Å². The monoisotopic (exact) mass is 269 g/mol. The van der Waals surface area contributed by atoms with Gasteiger partial charge in [0.05, 0.1) is 0 Å². The molecule has 2 aromatic carbocycles. The summed E-state index contributed by atoms with van der Waals surface area (Å²) in [6.07, 6.45) is 6.07. The molecule has 0 aliphatic carbocycles. The highest BCUT2D eigenvalue weighted by molar-refractivity contribution is 5.62. The molecule has 0 amide bonds. The number of hydrogen-bond donors (Lipinski definition) is 0. The highest BCUT2D eigenvalue weighted by atomic mass is 19.0. The predicted molar refractivity (Wildman–Crippen MR) is 84.6 cm³/mol. The highest BCUT2D eigenvalue weighted by Crippen LogP contribution is 2.28. The molecular weight excluding hydrogens is 249 g/mol. The van der Waals surface area contributed by atoms with Crippen LogP contribution in [0.15, 0.2) is 66.4 Å². The van der Waals surface area contributed by atoms with Crippen LogP contribution in [0.5, 0.6) is 0 Å². The Kier molecular flexibility index (Phi) is 4.94. The van der Waals surface area contributed by atoms with E-state index in [4.69, 9.17) is 0 Å². The Hall–Kier alpha value is -2.09. The summed E-state index contributed by atoms with van der Waals surface area (Å²) >= 11 is 0. The van der Waals surface area contributed by atoms with E-state index >= 15 is 0 Å². The van der Waals surface area contributed by atoms with Crippen LogP contribution in [0, 0.1) is 0 Å². The summed E-state index contributed by atoms with van der Waals surface area (Å²) in [5.41, 5.74) is 4.04. The van der Waals surface area contributed by atoms with Gasteiger partial charge in [-0.15, -0.1) is 0 Å². The number of anilines is 1. The largest absolute Gasteiger partial charge is 0.345 e. The van der Waals surface area contributed by atoms with Gasteiger partial charge in [-0.25, -0.2) is 0 Å². The van der Waals surface area contributed by atoms with Crippen LogP contribution in [0.25, 0.3) is 6.08 Å². The molecule has 2 aromatic rings. The minimum atomic E-state index is 0. The van der Waals surface area contributed by atoms with E-state index in [9.17, 15) is 0 Å². The summed E-state index contributed by atoms with van der Waals surface area (Å²) in [5.74, 6) is 0. The Labute approximate surface area is 119 Å². The highest BCUT2D eigenvalue weighted by Gasteiger charge is 2.16. The summed E-state index contributed by atoms with van der Waals surface area (Å²) < 4.78 is 0. The van der Waals surface area contributed by atoms with Crippen LogP contribution < -0.4 is 4.90 Å². The van der Waals surface area contributed by atoms with E-state index in [2.05, 4.69) is 71.6 Å². The van der Waals surface area contributed by atoms with E-state index < -0.39 is 0 Å². The molecule has 0 saturated carbocycles. The predicted octanol–water partition coefficient (Wildman–Crippen LogP) is 4.87. The molecule has 104 valence electrons. The average molecular weight is 269 g/mol. The molecule has 0 bridgehead atoms. The number of halogens is 1. The van der Waals surface area contributed by atoms with Crippen molar-refractivity contribution in [3.63, 3.8) is 0 Å². The maximum atomic E-state index is 2.45. The molecule has 2 heteroatoms. The van der Waals surface area contributed by atoms with Crippen molar-refractivity contribution >= 4 is 11.8 Å². The first-order valence-electron chi connectivity index (χ1n) is 7.02. The van der Waals surface area contributed by atoms with E-state index in [-0.39, 0.29) is 4.70 Å². The van der Waals surface area contributed by atoms with Crippen molar-refractivity contribution in [3.8, 4) is 0 Å². The maximum Gasteiger partial charge on any atom is 0.0408 e. The fourth-order valence-corrected chi connectivity index (χ4v) is 2.65. The van der Waals surface area contributed by atoms with Gasteiger partial charge in [0.2, 0.25) is 0 Å². The third-order valence-corrected chi connectivity index (χ3v) is 3.61. The van der Waals surface area contributed by atoms with Gasteiger partial charge in [-0.1, -0.05) is 48.5 Å². The molecule has 0 radical (unpaired) electrons. The minimum absolute atomic E-state index is 0. The van der Waals surface area contributed by atoms with Gasteiger partial charge in [0, 0.05) is 17.9 Å². The molecule has 0 N–H and O–H groups in total. The van der Waals surface area contributed by atoms with Gasteiger partial charge in [-0.3, -0.25) is 4.70 Å². The lowest BCUT2D eigenvalue weighted by molar-refractivity contribution is 0.643. The van der Waals surface area contributed by atoms with Crippen molar-refractivity contribution < 1.29 is 4.70 Å². The zero-order valence-corrected chi connectivity index (χ0v) is 11.5. The molecule has 0 spiro atoms. The molecule has 0 atom stereocenters. The van der Waals surface area contributed by atoms with Crippen LogP contribution in [0.3, 0.4) is 0 Å². The van der Waals surface area contributed by atoms with Gasteiger partial charge in [0.25, 0.3) is 0 Å². The smallest absolute Gasteiger partial charge is 0.0408 e. The summed E-state index contributed by atoms with van der Waals surface area (Å²) in [5, 5.41) is 0. The molecule has 0 unspecified atom stereocenters. The van der Waals surface area contributed by atoms with E-state index in [1.165, 1.54) is 36.2 Å². The van der Waals surface area contributed by atoms with Crippen molar-refractivity contribution in [3.05, 3.63) is 71.9 Å².